The predicted octanol–water partition coefficient (Wildman–Crippen LogP) is 0.390. The first kappa shape index (κ1) is 9.88. The predicted molar refractivity (Wildman–Crippen MR) is 60.7 cm³/mol. The first-order chi connectivity index (χ1) is 6.59. The van der Waals surface area contributed by atoms with E-state index in [1.807, 2.05) is 12.1 Å². The third-order valence-corrected chi connectivity index (χ3v) is 3.29. The molecule has 0 fully saturated rings. The summed E-state index contributed by atoms with van der Waals surface area (Å²) in [5, 5.41) is 11.8. The zero-order chi connectivity index (χ0) is 10.3. The molecule has 14 heavy (non-hydrogen) atoms. The zero-order valence-corrected chi connectivity index (χ0v) is 9.41. The van der Waals surface area contributed by atoms with E-state index in [-0.39, 0.29) is 12.5 Å². The number of aliphatic hydroxyl groups excluding tert-OH is 1. The minimum Gasteiger partial charge on any atom is -0.394 e. The van der Waals surface area contributed by atoms with Crippen molar-refractivity contribution in [3.8, 4) is 0 Å². The van der Waals surface area contributed by atoms with Gasteiger partial charge in [0.25, 0.3) is 5.91 Å². The van der Waals surface area contributed by atoms with Gasteiger partial charge in [-0.25, -0.2) is 0 Å². The molecular formula is C9H9IN2O2. The van der Waals surface area contributed by atoms with Gasteiger partial charge in [0.05, 0.1) is 12.3 Å². The maximum Gasteiger partial charge on any atom is 0.251 e. The van der Waals surface area contributed by atoms with Crippen LogP contribution in [0.15, 0.2) is 18.2 Å². The minimum absolute atomic E-state index is 0.348. The first-order valence-corrected chi connectivity index (χ1v) is 5.17. The van der Waals surface area contributed by atoms with Gasteiger partial charge in [-0.2, -0.15) is 0 Å². The summed E-state index contributed by atoms with van der Waals surface area (Å²) in [5.41, 5.74) is 5.92. The number of amides is 1. The van der Waals surface area contributed by atoms with Crippen molar-refractivity contribution in [3.05, 3.63) is 27.3 Å². The van der Waals surface area contributed by atoms with E-state index in [4.69, 9.17) is 10.8 Å². The van der Waals surface area contributed by atoms with Gasteiger partial charge in [0.15, 0.2) is 0 Å². The van der Waals surface area contributed by atoms with Gasteiger partial charge >= 0.3 is 0 Å². The SMILES string of the molecule is N[C@]1(CO)C(=O)Nc2c(I)cccc21. The van der Waals surface area contributed by atoms with Crippen LogP contribution in [0, 0.1) is 3.57 Å². The van der Waals surface area contributed by atoms with Crippen LogP contribution in [0.3, 0.4) is 0 Å². The van der Waals surface area contributed by atoms with Crippen LogP contribution in [0.2, 0.25) is 0 Å². The molecule has 0 saturated carbocycles. The van der Waals surface area contributed by atoms with E-state index in [0.717, 1.165) is 9.26 Å². The third-order valence-electron chi connectivity index (χ3n) is 2.39. The van der Waals surface area contributed by atoms with Crippen LogP contribution >= 0.6 is 22.6 Å². The lowest BCUT2D eigenvalue weighted by Gasteiger charge is -2.18. The molecule has 4 N–H and O–H groups in total. The molecule has 0 aromatic heterocycles. The Morgan fingerprint density at radius 2 is 2.29 bits per heavy atom. The van der Waals surface area contributed by atoms with Crippen molar-refractivity contribution >= 4 is 34.2 Å². The molecule has 0 radical (unpaired) electrons. The van der Waals surface area contributed by atoms with Crippen LogP contribution in [-0.2, 0) is 10.3 Å². The number of anilines is 1. The lowest BCUT2D eigenvalue weighted by atomic mass is 9.94. The monoisotopic (exact) mass is 304 g/mol. The molecule has 0 bridgehead atoms. The summed E-state index contributed by atoms with van der Waals surface area (Å²) in [6.45, 7) is -0.383. The van der Waals surface area contributed by atoms with Crippen LogP contribution in [0.1, 0.15) is 5.56 Å². The van der Waals surface area contributed by atoms with Crippen LogP contribution in [0.25, 0.3) is 0 Å². The molecule has 0 unspecified atom stereocenters. The third kappa shape index (κ3) is 1.16. The largest absolute Gasteiger partial charge is 0.394 e. The molecule has 4 nitrogen and oxygen atoms in total. The van der Waals surface area contributed by atoms with Crippen molar-refractivity contribution in [1.82, 2.24) is 0 Å². The summed E-state index contributed by atoms with van der Waals surface area (Å²) in [5.74, 6) is -0.348. The topological polar surface area (TPSA) is 75.3 Å². The Morgan fingerprint density at radius 3 is 2.93 bits per heavy atom. The fourth-order valence-corrected chi connectivity index (χ4v) is 2.16. The number of nitrogens with one attached hydrogen (secondary N) is 1. The minimum atomic E-state index is -1.28. The van der Waals surface area contributed by atoms with Crippen molar-refractivity contribution in [2.24, 2.45) is 5.73 Å². The van der Waals surface area contributed by atoms with Gasteiger partial charge in [0.2, 0.25) is 0 Å². The van der Waals surface area contributed by atoms with Gasteiger partial charge in [-0.05, 0) is 28.7 Å². The Morgan fingerprint density at radius 1 is 1.57 bits per heavy atom. The summed E-state index contributed by atoms with van der Waals surface area (Å²) in [6.07, 6.45) is 0. The number of carbonyl (C=O) groups excluding carboxylic acids is 1. The Kier molecular flexibility index (Phi) is 2.24. The Labute approximate surface area is 94.6 Å². The number of benzene rings is 1. The molecule has 0 saturated heterocycles. The number of hydrogen-bond acceptors (Lipinski definition) is 3. The quantitative estimate of drug-likeness (QED) is 0.657. The fourth-order valence-electron chi connectivity index (χ4n) is 1.53. The molecule has 5 heteroatoms. The van der Waals surface area contributed by atoms with E-state index in [9.17, 15) is 4.79 Å². The molecular weight excluding hydrogens is 295 g/mol. The van der Waals surface area contributed by atoms with Crippen molar-refractivity contribution in [2.45, 2.75) is 5.54 Å². The van der Waals surface area contributed by atoms with Crippen LogP contribution < -0.4 is 11.1 Å². The molecule has 2 rings (SSSR count). The van der Waals surface area contributed by atoms with Crippen molar-refractivity contribution in [3.63, 3.8) is 0 Å². The highest BCUT2D eigenvalue weighted by Gasteiger charge is 2.43. The van der Waals surface area contributed by atoms with E-state index in [1.165, 1.54) is 0 Å². The lowest BCUT2D eigenvalue weighted by molar-refractivity contribution is -0.122. The van der Waals surface area contributed by atoms with E-state index in [0.29, 0.717) is 5.56 Å². The van der Waals surface area contributed by atoms with E-state index in [2.05, 4.69) is 27.9 Å². The number of fused-ring (bicyclic) bond motifs is 1. The summed E-state index contributed by atoms with van der Waals surface area (Å²) in [4.78, 5) is 11.5. The van der Waals surface area contributed by atoms with Gasteiger partial charge in [0.1, 0.15) is 5.54 Å². The second kappa shape index (κ2) is 3.18. The molecule has 1 aromatic carbocycles. The number of aliphatic hydroxyl groups is 1. The van der Waals surface area contributed by atoms with Crippen LogP contribution in [0.5, 0.6) is 0 Å². The summed E-state index contributed by atoms with van der Waals surface area (Å²) >= 11 is 2.12. The second-order valence-corrected chi connectivity index (χ2v) is 4.41. The normalized spacial score (nSPS) is 24.6. The van der Waals surface area contributed by atoms with Gasteiger partial charge in [0, 0.05) is 9.13 Å². The second-order valence-electron chi connectivity index (χ2n) is 3.25. The van der Waals surface area contributed by atoms with Gasteiger partial charge < -0.3 is 16.2 Å². The van der Waals surface area contributed by atoms with Crippen LogP contribution in [-0.4, -0.2) is 17.6 Å². The number of rotatable bonds is 1. The molecule has 1 aliphatic rings. The van der Waals surface area contributed by atoms with Crippen molar-refractivity contribution in [1.29, 1.82) is 0 Å². The van der Waals surface area contributed by atoms with Gasteiger partial charge in [-0.3, -0.25) is 4.79 Å². The number of hydrogen-bond donors (Lipinski definition) is 3. The first-order valence-electron chi connectivity index (χ1n) is 4.10. The Hall–Kier alpha value is -0.660. The smallest absolute Gasteiger partial charge is 0.251 e. The highest BCUT2D eigenvalue weighted by molar-refractivity contribution is 14.1. The maximum absolute atomic E-state index is 11.5. The highest BCUT2D eigenvalue weighted by Crippen LogP contribution is 2.36. The molecule has 1 heterocycles. The van der Waals surface area contributed by atoms with E-state index >= 15 is 0 Å². The zero-order valence-electron chi connectivity index (χ0n) is 7.25. The van der Waals surface area contributed by atoms with Crippen LogP contribution in [0.4, 0.5) is 5.69 Å². The molecule has 1 aliphatic heterocycles. The summed E-state index contributed by atoms with van der Waals surface area (Å²) < 4.78 is 0.925. The highest BCUT2D eigenvalue weighted by atomic mass is 127. The molecule has 0 spiro atoms. The molecule has 0 aliphatic carbocycles. The van der Waals surface area contributed by atoms with E-state index < -0.39 is 5.54 Å². The molecule has 1 aromatic rings. The molecule has 1 amide bonds. The average molecular weight is 304 g/mol. The number of nitrogens with two attached hydrogens (primary N) is 1. The average Bonchev–Trinajstić information content (AvgIpc) is 2.43. The van der Waals surface area contributed by atoms with Gasteiger partial charge in [-0.1, -0.05) is 12.1 Å². The summed E-state index contributed by atoms with van der Waals surface area (Å²) in [6, 6.07) is 5.45. The summed E-state index contributed by atoms with van der Waals surface area (Å²) in [7, 11) is 0. The van der Waals surface area contributed by atoms with E-state index in [1.54, 1.807) is 6.07 Å². The van der Waals surface area contributed by atoms with Gasteiger partial charge in [-0.15, -0.1) is 0 Å². The molecule has 74 valence electrons. The Balaban J connectivity index is 2.64. The fraction of sp³-hybridized carbons (Fsp3) is 0.222. The van der Waals surface area contributed by atoms with Crippen molar-refractivity contribution in [2.75, 3.05) is 11.9 Å². The lowest BCUT2D eigenvalue weighted by Crippen LogP contribution is -2.46. The maximum atomic E-state index is 11.5. The Bertz CT molecular complexity index is 408. The standard InChI is InChI=1S/C9H9IN2O2/c10-6-3-1-2-5-7(6)12-8(14)9(5,11)4-13/h1-3,13H,4,11H2,(H,12,14)/t9-/m0/s1. The number of carbonyl (C=O) groups is 1. The number of para-hydroxylation sites is 1. The van der Waals surface area contributed by atoms with Crippen molar-refractivity contribution < 1.29 is 9.90 Å². The number of halogens is 1. The molecule has 1 atom stereocenters.